The van der Waals surface area contributed by atoms with E-state index in [1.807, 2.05) is 30.3 Å². The van der Waals surface area contributed by atoms with E-state index in [0.717, 1.165) is 5.56 Å². The van der Waals surface area contributed by atoms with E-state index in [-0.39, 0.29) is 17.2 Å². The van der Waals surface area contributed by atoms with Crippen LogP contribution in [0.5, 0.6) is 5.75 Å². The largest absolute Gasteiger partial charge is 0.796 e. The fourth-order valence-electron chi connectivity index (χ4n) is 2.76. The molecule has 3 nitrogen and oxygen atoms in total. The average molecular weight is 313 g/mol. The molecular weight excluding hydrogens is 299 g/mol. The number of hydrogen-bond donors (Lipinski definition) is 0. The Labute approximate surface area is 132 Å². The van der Waals surface area contributed by atoms with Gasteiger partial charge in [0.1, 0.15) is 11.4 Å². The smallest absolute Gasteiger partial charge is 0.503 e. The Balaban J connectivity index is 2.22. The molecule has 0 aliphatic rings. The van der Waals surface area contributed by atoms with Gasteiger partial charge in [-0.1, -0.05) is 42.5 Å². The summed E-state index contributed by atoms with van der Waals surface area (Å²) >= 11 is 0. The van der Waals surface area contributed by atoms with Gasteiger partial charge in [-0.05, 0) is 17.7 Å². The predicted octanol–water partition coefficient (Wildman–Crippen LogP) is 4.19. The molecule has 0 aliphatic carbocycles. The number of fused-ring (bicyclic) bond motifs is 1. The molecule has 116 valence electrons. The van der Waals surface area contributed by atoms with E-state index in [9.17, 15) is 13.4 Å². The molecule has 0 saturated carbocycles. The van der Waals surface area contributed by atoms with Crippen molar-refractivity contribution in [3.63, 3.8) is 0 Å². The molecule has 0 fully saturated rings. The second-order valence-electron chi connectivity index (χ2n) is 5.20. The molecule has 23 heavy (non-hydrogen) atoms. The minimum atomic E-state index is -2.98. The summed E-state index contributed by atoms with van der Waals surface area (Å²) in [6.45, 7) is 1.76. The lowest BCUT2D eigenvalue weighted by atomic mass is 10.2. The highest BCUT2D eigenvalue weighted by atomic mass is 19.2. The molecule has 0 bridgehead atoms. The van der Waals surface area contributed by atoms with Crippen LogP contribution < -0.4 is 4.65 Å². The Bertz CT molecular complexity index is 846. The van der Waals surface area contributed by atoms with E-state index in [1.165, 1.54) is 6.92 Å². The van der Waals surface area contributed by atoms with Crippen LogP contribution in [0.3, 0.4) is 0 Å². The van der Waals surface area contributed by atoms with E-state index >= 15 is 0 Å². The van der Waals surface area contributed by atoms with Crippen molar-refractivity contribution in [1.82, 2.24) is 4.57 Å². The number of carbonyl (C=O) groups is 1. The first-order valence-electron chi connectivity index (χ1n) is 7.19. The van der Waals surface area contributed by atoms with Gasteiger partial charge < -0.3 is 9.22 Å². The molecule has 0 saturated heterocycles. The number of aromatic nitrogens is 1. The zero-order chi connectivity index (χ0) is 16.4. The molecule has 0 unspecified atom stereocenters. The van der Waals surface area contributed by atoms with Crippen LogP contribution in [0.2, 0.25) is 0 Å². The van der Waals surface area contributed by atoms with Gasteiger partial charge in [-0.3, -0.25) is 4.79 Å². The first kappa shape index (κ1) is 15.3. The molecule has 1 heterocycles. The fraction of sp³-hybridized carbons (Fsp3) is 0.118. The van der Waals surface area contributed by atoms with Crippen LogP contribution in [0.15, 0.2) is 54.6 Å². The van der Waals surface area contributed by atoms with Gasteiger partial charge in [0, 0.05) is 18.9 Å². The third-order valence-electron chi connectivity index (χ3n) is 3.65. The molecule has 1 aromatic heterocycles. The van der Waals surface area contributed by atoms with Gasteiger partial charge in [-0.15, -0.1) is 0 Å². The SMILES string of the molecule is CC(=O)c1c(OB(F)F)c2ccccc2n1Cc1ccccc1. The Morgan fingerprint density at radius 2 is 1.74 bits per heavy atom. The van der Waals surface area contributed by atoms with E-state index in [1.54, 1.807) is 28.8 Å². The van der Waals surface area contributed by atoms with Crippen molar-refractivity contribution in [2.75, 3.05) is 0 Å². The van der Waals surface area contributed by atoms with E-state index in [0.29, 0.717) is 17.4 Å². The topological polar surface area (TPSA) is 31.2 Å². The lowest BCUT2D eigenvalue weighted by molar-refractivity contribution is 0.100. The monoisotopic (exact) mass is 313 g/mol. The molecule has 0 aliphatic heterocycles. The number of ketones is 1. The predicted molar refractivity (Wildman–Crippen MR) is 86.1 cm³/mol. The third kappa shape index (κ3) is 2.97. The summed E-state index contributed by atoms with van der Waals surface area (Å²) in [6.07, 6.45) is 0. The number of rotatable bonds is 5. The van der Waals surface area contributed by atoms with Crippen LogP contribution in [0.1, 0.15) is 23.0 Å². The minimum Gasteiger partial charge on any atom is -0.503 e. The zero-order valence-electron chi connectivity index (χ0n) is 12.5. The molecule has 0 atom stereocenters. The Morgan fingerprint density at radius 1 is 1.09 bits per heavy atom. The molecule has 0 radical (unpaired) electrons. The summed E-state index contributed by atoms with van der Waals surface area (Å²) in [4.78, 5) is 12.1. The maximum Gasteiger partial charge on any atom is 0.796 e. The molecular formula is C17H14BF2NO2. The van der Waals surface area contributed by atoms with E-state index < -0.39 is 7.47 Å². The normalized spacial score (nSPS) is 10.7. The number of nitrogens with zero attached hydrogens (tertiary/aromatic N) is 1. The van der Waals surface area contributed by atoms with Gasteiger partial charge in [0.15, 0.2) is 5.78 Å². The van der Waals surface area contributed by atoms with Gasteiger partial charge in [0.2, 0.25) is 0 Å². The summed E-state index contributed by atoms with van der Waals surface area (Å²) in [5, 5.41) is 0.508. The lowest BCUT2D eigenvalue weighted by Gasteiger charge is -2.10. The second-order valence-corrected chi connectivity index (χ2v) is 5.20. The van der Waals surface area contributed by atoms with Crippen LogP contribution in [0, 0.1) is 0 Å². The van der Waals surface area contributed by atoms with Crippen molar-refractivity contribution in [2.24, 2.45) is 0 Å². The molecule has 0 spiro atoms. The van der Waals surface area contributed by atoms with Crippen molar-refractivity contribution in [1.29, 1.82) is 0 Å². The molecule has 6 heteroatoms. The third-order valence-corrected chi connectivity index (χ3v) is 3.65. The number of hydrogen-bond acceptors (Lipinski definition) is 2. The highest BCUT2D eigenvalue weighted by molar-refractivity contribution is 6.36. The zero-order valence-corrected chi connectivity index (χ0v) is 12.5. The fourth-order valence-corrected chi connectivity index (χ4v) is 2.76. The molecule has 3 rings (SSSR count). The summed E-state index contributed by atoms with van der Waals surface area (Å²) in [5.41, 5.74) is 1.83. The summed E-state index contributed by atoms with van der Waals surface area (Å²) in [7, 11) is -2.98. The van der Waals surface area contributed by atoms with E-state index in [4.69, 9.17) is 0 Å². The number of carbonyl (C=O) groups excluding carboxylic acids is 1. The first-order valence-corrected chi connectivity index (χ1v) is 7.19. The number of Topliss-reactive ketones (excluding diaryl/α,β-unsaturated/α-hetero) is 1. The number of benzene rings is 2. The van der Waals surface area contributed by atoms with Crippen LogP contribution in [0.25, 0.3) is 10.9 Å². The van der Waals surface area contributed by atoms with Crippen LogP contribution in [-0.4, -0.2) is 17.8 Å². The maximum absolute atomic E-state index is 12.8. The Kier molecular flexibility index (Phi) is 4.15. The number of para-hydroxylation sites is 1. The highest BCUT2D eigenvalue weighted by Crippen LogP contribution is 2.34. The molecule has 0 amide bonds. The van der Waals surface area contributed by atoms with Gasteiger partial charge >= 0.3 is 7.47 Å². The second kappa shape index (κ2) is 6.24. The van der Waals surface area contributed by atoms with Gasteiger partial charge in [0.25, 0.3) is 0 Å². The Hall–Kier alpha value is -2.63. The summed E-state index contributed by atoms with van der Waals surface area (Å²) < 4.78 is 32.0. The van der Waals surface area contributed by atoms with Crippen molar-refractivity contribution in [3.8, 4) is 5.75 Å². The number of halogens is 2. The van der Waals surface area contributed by atoms with Crippen LogP contribution in [0.4, 0.5) is 8.63 Å². The standard InChI is InChI=1S/C17H14BF2NO2/c1-12(22)16-17(23-18(19)20)14-9-5-6-10-15(14)21(16)11-13-7-3-2-4-8-13/h2-10H,11H2,1H3. The minimum absolute atomic E-state index is 0.0565. The Morgan fingerprint density at radius 3 is 2.39 bits per heavy atom. The van der Waals surface area contributed by atoms with Gasteiger partial charge in [0.05, 0.1) is 5.52 Å². The van der Waals surface area contributed by atoms with Crippen molar-refractivity contribution < 1.29 is 18.1 Å². The van der Waals surface area contributed by atoms with Gasteiger partial charge in [-0.25, -0.2) is 8.63 Å². The van der Waals surface area contributed by atoms with Crippen molar-refractivity contribution in [3.05, 3.63) is 65.9 Å². The molecule has 0 N–H and O–H groups in total. The van der Waals surface area contributed by atoms with Gasteiger partial charge in [-0.2, -0.15) is 0 Å². The van der Waals surface area contributed by atoms with E-state index in [2.05, 4.69) is 4.65 Å². The quantitative estimate of drug-likeness (QED) is 0.522. The maximum atomic E-state index is 12.8. The van der Waals surface area contributed by atoms with Crippen LogP contribution >= 0.6 is 0 Å². The highest BCUT2D eigenvalue weighted by Gasteiger charge is 2.27. The summed E-state index contributed by atoms with van der Waals surface area (Å²) in [6, 6.07) is 16.5. The molecule has 3 aromatic rings. The summed E-state index contributed by atoms with van der Waals surface area (Å²) in [5.74, 6) is -0.369. The first-order chi connectivity index (χ1) is 11.1. The lowest BCUT2D eigenvalue weighted by Crippen LogP contribution is -2.13. The molecule has 2 aromatic carbocycles. The van der Waals surface area contributed by atoms with Crippen molar-refractivity contribution in [2.45, 2.75) is 13.5 Å². The van der Waals surface area contributed by atoms with Crippen molar-refractivity contribution >= 4 is 24.2 Å². The van der Waals surface area contributed by atoms with Crippen LogP contribution in [-0.2, 0) is 6.54 Å². The average Bonchev–Trinajstić information content (AvgIpc) is 2.82.